The van der Waals surface area contributed by atoms with Crippen LogP contribution in [0.3, 0.4) is 0 Å². The van der Waals surface area contributed by atoms with E-state index in [0.29, 0.717) is 24.7 Å². The molecule has 0 radical (unpaired) electrons. The summed E-state index contributed by atoms with van der Waals surface area (Å²) in [4.78, 5) is 28.3. The molecule has 2 aliphatic heterocycles. The van der Waals surface area contributed by atoms with Gasteiger partial charge in [-0.2, -0.15) is 0 Å². The highest BCUT2D eigenvalue weighted by molar-refractivity contribution is 6.30. The van der Waals surface area contributed by atoms with Crippen LogP contribution in [-0.4, -0.2) is 54.3 Å². The van der Waals surface area contributed by atoms with E-state index in [9.17, 15) is 9.59 Å². The van der Waals surface area contributed by atoms with Gasteiger partial charge in [-0.3, -0.25) is 9.59 Å². The zero-order valence-electron chi connectivity index (χ0n) is 14.0. The number of amides is 2. The van der Waals surface area contributed by atoms with Crippen LogP contribution < -0.4 is 5.32 Å². The molecule has 2 aliphatic rings. The second-order valence-corrected chi connectivity index (χ2v) is 7.02. The molecule has 2 fully saturated rings. The van der Waals surface area contributed by atoms with Gasteiger partial charge in [-0.25, -0.2) is 0 Å². The van der Waals surface area contributed by atoms with E-state index in [0.717, 1.165) is 31.5 Å². The molecule has 0 aromatic heterocycles. The largest absolute Gasteiger partial charge is 0.343 e. The van der Waals surface area contributed by atoms with Gasteiger partial charge in [0, 0.05) is 50.6 Å². The van der Waals surface area contributed by atoms with Crippen LogP contribution in [0.4, 0.5) is 0 Å². The topological polar surface area (TPSA) is 52.7 Å². The summed E-state index contributed by atoms with van der Waals surface area (Å²) < 4.78 is 0. The summed E-state index contributed by atoms with van der Waals surface area (Å²) in [7, 11) is 0. The Kier molecular flexibility index (Phi) is 5.41. The normalized spacial score (nSPS) is 22.5. The van der Waals surface area contributed by atoms with Crippen molar-refractivity contribution in [3.8, 4) is 0 Å². The van der Waals surface area contributed by atoms with Gasteiger partial charge < -0.3 is 15.1 Å². The molecule has 0 spiro atoms. The summed E-state index contributed by atoms with van der Waals surface area (Å²) in [5.41, 5.74) is 1.07. The number of carbonyl (C=O) groups excluding carboxylic acids is 2. The van der Waals surface area contributed by atoms with Crippen molar-refractivity contribution >= 4 is 23.4 Å². The Balaban J connectivity index is 1.71. The highest BCUT2D eigenvalue weighted by atomic mass is 35.5. The van der Waals surface area contributed by atoms with Crippen molar-refractivity contribution in [2.24, 2.45) is 5.92 Å². The van der Waals surface area contributed by atoms with E-state index >= 15 is 0 Å². The van der Waals surface area contributed by atoms with Crippen LogP contribution in [0, 0.1) is 5.92 Å². The van der Waals surface area contributed by atoms with Crippen molar-refractivity contribution in [3.05, 3.63) is 34.9 Å². The van der Waals surface area contributed by atoms with Gasteiger partial charge in [-0.15, -0.1) is 0 Å². The first-order valence-electron chi connectivity index (χ1n) is 8.58. The summed E-state index contributed by atoms with van der Waals surface area (Å²) in [5.74, 6) is 0.324. The van der Waals surface area contributed by atoms with Gasteiger partial charge in [0.2, 0.25) is 11.8 Å². The number of hydrogen-bond acceptors (Lipinski definition) is 3. The zero-order chi connectivity index (χ0) is 17.1. The smallest absolute Gasteiger partial charge is 0.226 e. The maximum absolute atomic E-state index is 13.1. The van der Waals surface area contributed by atoms with Crippen LogP contribution in [0.5, 0.6) is 0 Å². The number of piperazine rings is 1. The molecule has 0 aliphatic carbocycles. The lowest BCUT2D eigenvalue weighted by molar-refractivity contribution is -0.142. The van der Waals surface area contributed by atoms with E-state index in [4.69, 9.17) is 11.6 Å². The molecule has 2 heterocycles. The lowest BCUT2D eigenvalue weighted by Crippen LogP contribution is -2.52. The number of hydrogen-bond donors (Lipinski definition) is 1. The van der Waals surface area contributed by atoms with Crippen LogP contribution in [0.15, 0.2) is 24.3 Å². The van der Waals surface area contributed by atoms with Crippen LogP contribution in [0.1, 0.15) is 31.4 Å². The van der Waals surface area contributed by atoms with E-state index < -0.39 is 0 Å². The van der Waals surface area contributed by atoms with Gasteiger partial charge >= 0.3 is 0 Å². The SMILES string of the molecule is CC(=O)N1CCC(C(=O)N2CCNCC2c2cccc(Cl)c2)CC1. The summed E-state index contributed by atoms with van der Waals surface area (Å²) in [6, 6.07) is 7.78. The third-order valence-electron chi connectivity index (χ3n) is 5.05. The Morgan fingerprint density at radius 2 is 1.96 bits per heavy atom. The Labute approximate surface area is 147 Å². The molecule has 24 heavy (non-hydrogen) atoms. The highest BCUT2D eigenvalue weighted by Gasteiger charge is 2.34. The molecule has 2 saturated heterocycles. The molecule has 1 unspecified atom stereocenters. The standard InChI is InChI=1S/C18H24ClN3O2/c1-13(23)21-8-5-14(6-9-21)18(24)22-10-7-20-12-17(22)15-3-2-4-16(19)11-15/h2-4,11,14,17,20H,5-10,12H2,1H3. The average Bonchev–Trinajstić information content (AvgIpc) is 2.61. The lowest BCUT2D eigenvalue weighted by Gasteiger charge is -2.40. The second-order valence-electron chi connectivity index (χ2n) is 6.59. The van der Waals surface area contributed by atoms with Crippen molar-refractivity contribution in [3.63, 3.8) is 0 Å². The van der Waals surface area contributed by atoms with Gasteiger partial charge in [0.05, 0.1) is 6.04 Å². The summed E-state index contributed by atoms with van der Waals surface area (Å²) in [6.45, 7) is 5.23. The Morgan fingerprint density at radius 1 is 1.21 bits per heavy atom. The number of piperidine rings is 1. The fourth-order valence-electron chi connectivity index (χ4n) is 3.66. The van der Waals surface area contributed by atoms with Crippen molar-refractivity contribution in [2.45, 2.75) is 25.8 Å². The first kappa shape index (κ1) is 17.2. The second kappa shape index (κ2) is 7.53. The molecular formula is C18H24ClN3O2. The Hall–Kier alpha value is -1.59. The molecule has 1 atom stereocenters. The van der Waals surface area contributed by atoms with Crippen molar-refractivity contribution in [1.82, 2.24) is 15.1 Å². The van der Waals surface area contributed by atoms with Crippen molar-refractivity contribution in [2.75, 3.05) is 32.7 Å². The highest BCUT2D eigenvalue weighted by Crippen LogP contribution is 2.28. The van der Waals surface area contributed by atoms with E-state index in [1.165, 1.54) is 0 Å². The van der Waals surface area contributed by atoms with Gasteiger partial charge in [-0.05, 0) is 30.5 Å². The predicted octanol–water partition coefficient (Wildman–Crippen LogP) is 2.07. The maximum Gasteiger partial charge on any atom is 0.226 e. The molecule has 2 amide bonds. The van der Waals surface area contributed by atoms with Gasteiger partial charge in [0.15, 0.2) is 0 Å². The van der Waals surface area contributed by atoms with Gasteiger partial charge in [0.25, 0.3) is 0 Å². The van der Waals surface area contributed by atoms with Crippen LogP contribution in [-0.2, 0) is 9.59 Å². The van der Waals surface area contributed by atoms with E-state index in [1.807, 2.05) is 34.1 Å². The Morgan fingerprint density at radius 3 is 2.62 bits per heavy atom. The van der Waals surface area contributed by atoms with E-state index in [2.05, 4.69) is 5.32 Å². The van der Waals surface area contributed by atoms with E-state index in [-0.39, 0.29) is 23.8 Å². The molecule has 0 bridgehead atoms. The number of likely N-dealkylation sites (tertiary alicyclic amines) is 1. The summed E-state index contributed by atoms with van der Waals surface area (Å²) >= 11 is 6.12. The van der Waals surface area contributed by atoms with Crippen molar-refractivity contribution in [1.29, 1.82) is 0 Å². The summed E-state index contributed by atoms with van der Waals surface area (Å²) in [5, 5.41) is 4.07. The monoisotopic (exact) mass is 349 g/mol. The number of halogens is 1. The minimum Gasteiger partial charge on any atom is -0.343 e. The summed E-state index contributed by atoms with van der Waals surface area (Å²) in [6.07, 6.45) is 1.51. The molecule has 1 aromatic rings. The fraction of sp³-hybridized carbons (Fsp3) is 0.556. The van der Waals surface area contributed by atoms with Gasteiger partial charge in [0.1, 0.15) is 0 Å². The molecule has 1 aromatic carbocycles. The minimum atomic E-state index is 0.0142. The van der Waals surface area contributed by atoms with Crippen LogP contribution in [0.25, 0.3) is 0 Å². The molecule has 6 heteroatoms. The molecule has 3 rings (SSSR count). The molecular weight excluding hydrogens is 326 g/mol. The third-order valence-corrected chi connectivity index (χ3v) is 5.28. The van der Waals surface area contributed by atoms with Crippen LogP contribution >= 0.6 is 11.6 Å². The number of nitrogens with zero attached hydrogens (tertiary/aromatic N) is 2. The number of benzene rings is 1. The molecule has 1 N–H and O–H groups in total. The average molecular weight is 350 g/mol. The van der Waals surface area contributed by atoms with Crippen molar-refractivity contribution < 1.29 is 9.59 Å². The zero-order valence-corrected chi connectivity index (χ0v) is 14.8. The number of rotatable bonds is 2. The van der Waals surface area contributed by atoms with E-state index in [1.54, 1.807) is 6.92 Å². The van der Waals surface area contributed by atoms with Gasteiger partial charge in [-0.1, -0.05) is 23.7 Å². The lowest BCUT2D eigenvalue weighted by atomic mass is 9.93. The number of nitrogens with one attached hydrogen (secondary N) is 1. The molecule has 130 valence electrons. The maximum atomic E-state index is 13.1. The molecule has 0 saturated carbocycles. The first-order chi connectivity index (χ1) is 11.6. The molecule has 5 nitrogen and oxygen atoms in total. The third kappa shape index (κ3) is 3.73. The minimum absolute atomic E-state index is 0.0142. The number of carbonyl (C=O) groups is 2. The van der Waals surface area contributed by atoms with Crippen LogP contribution in [0.2, 0.25) is 5.02 Å². The quantitative estimate of drug-likeness (QED) is 0.889. The fourth-order valence-corrected chi connectivity index (χ4v) is 3.85. The Bertz CT molecular complexity index is 614. The predicted molar refractivity (Wildman–Crippen MR) is 93.8 cm³/mol. The first-order valence-corrected chi connectivity index (χ1v) is 8.96.